The molecule has 0 aromatic carbocycles. The lowest BCUT2D eigenvalue weighted by molar-refractivity contribution is 0.237. The predicted octanol–water partition coefficient (Wildman–Crippen LogP) is 1.89. The van der Waals surface area contributed by atoms with Crippen LogP contribution in [0.3, 0.4) is 0 Å². The van der Waals surface area contributed by atoms with Gasteiger partial charge in [-0.25, -0.2) is 0 Å². The molecule has 0 radical (unpaired) electrons. The van der Waals surface area contributed by atoms with Crippen LogP contribution in [-0.4, -0.2) is 30.8 Å². The van der Waals surface area contributed by atoms with E-state index in [1.165, 1.54) is 0 Å². The van der Waals surface area contributed by atoms with Crippen molar-refractivity contribution in [2.75, 3.05) is 25.9 Å². The van der Waals surface area contributed by atoms with Crippen molar-refractivity contribution >= 4 is 12.6 Å². The second kappa shape index (κ2) is 4.24. The van der Waals surface area contributed by atoms with Crippen LogP contribution in [0.4, 0.5) is 0 Å². The summed E-state index contributed by atoms with van der Waals surface area (Å²) in [6.07, 6.45) is 0. The van der Waals surface area contributed by atoms with Gasteiger partial charge in [0.2, 0.25) is 0 Å². The minimum Gasteiger partial charge on any atom is -0.305 e. The van der Waals surface area contributed by atoms with E-state index in [2.05, 4.69) is 45.3 Å². The average Bonchev–Trinajstić information content (AvgIpc) is 1.59. The molecule has 2 heteroatoms. The molecule has 0 atom stereocenters. The van der Waals surface area contributed by atoms with Crippen molar-refractivity contribution in [1.82, 2.24) is 4.90 Å². The molecule has 0 fully saturated rings. The molecule has 1 nitrogen and oxygen atoms in total. The standard InChI is InChI=1S/C8H19NS/c1-8(2,3)7-9(4)5-6-10/h10H,5-7H2,1-4H3. The predicted molar refractivity (Wildman–Crippen MR) is 50.8 cm³/mol. The molecule has 0 aliphatic heterocycles. The van der Waals surface area contributed by atoms with Gasteiger partial charge in [0.25, 0.3) is 0 Å². The highest BCUT2D eigenvalue weighted by Crippen LogP contribution is 2.13. The summed E-state index contributed by atoms with van der Waals surface area (Å²) in [7, 11) is 2.14. The normalized spacial score (nSPS) is 12.6. The summed E-state index contributed by atoms with van der Waals surface area (Å²) in [5.41, 5.74) is 0.414. The van der Waals surface area contributed by atoms with Crippen LogP contribution in [0, 0.1) is 5.41 Å². The molecule has 0 saturated heterocycles. The zero-order chi connectivity index (χ0) is 8.20. The van der Waals surface area contributed by atoms with Gasteiger partial charge in [-0.3, -0.25) is 0 Å². The molecule has 0 amide bonds. The maximum atomic E-state index is 4.17. The maximum absolute atomic E-state index is 4.17. The first-order chi connectivity index (χ1) is 4.45. The number of hydrogen-bond acceptors (Lipinski definition) is 2. The van der Waals surface area contributed by atoms with E-state index in [0.717, 1.165) is 18.8 Å². The largest absolute Gasteiger partial charge is 0.305 e. The van der Waals surface area contributed by atoms with Gasteiger partial charge in [-0.2, -0.15) is 12.6 Å². The first kappa shape index (κ1) is 10.3. The third-order valence-electron chi connectivity index (χ3n) is 1.23. The summed E-state index contributed by atoms with van der Waals surface area (Å²) in [4.78, 5) is 2.31. The fraction of sp³-hybridized carbons (Fsp3) is 1.00. The Morgan fingerprint density at radius 3 is 2.10 bits per heavy atom. The molecule has 0 spiro atoms. The van der Waals surface area contributed by atoms with Crippen molar-refractivity contribution in [1.29, 1.82) is 0 Å². The van der Waals surface area contributed by atoms with E-state index in [1.807, 2.05) is 0 Å². The zero-order valence-electron chi connectivity index (χ0n) is 7.52. The van der Waals surface area contributed by atoms with Gasteiger partial charge in [0.15, 0.2) is 0 Å². The summed E-state index contributed by atoms with van der Waals surface area (Å²) >= 11 is 4.17. The fourth-order valence-electron chi connectivity index (χ4n) is 1.06. The highest BCUT2D eigenvalue weighted by Gasteiger charge is 2.12. The van der Waals surface area contributed by atoms with Crippen LogP contribution < -0.4 is 0 Å². The number of thiol groups is 1. The fourth-order valence-corrected chi connectivity index (χ4v) is 1.40. The third-order valence-corrected chi connectivity index (χ3v) is 1.43. The van der Waals surface area contributed by atoms with Crippen molar-refractivity contribution in [3.05, 3.63) is 0 Å². The monoisotopic (exact) mass is 161 g/mol. The summed E-state index contributed by atoms with van der Waals surface area (Å²) in [6, 6.07) is 0. The number of nitrogens with zero attached hydrogens (tertiary/aromatic N) is 1. The van der Waals surface area contributed by atoms with Crippen LogP contribution in [0.15, 0.2) is 0 Å². The number of hydrogen-bond donors (Lipinski definition) is 1. The van der Waals surface area contributed by atoms with E-state index in [9.17, 15) is 0 Å². The Morgan fingerprint density at radius 1 is 1.30 bits per heavy atom. The second-order valence-corrected chi connectivity index (χ2v) is 4.47. The molecule has 0 rings (SSSR count). The average molecular weight is 161 g/mol. The van der Waals surface area contributed by atoms with Crippen LogP contribution in [-0.2, 0) is 0 Å². The highest BCUT2D eigenvalue weighted by atomic mass is 32.1. The summed E-state index contributed by atoms with van der Waals surface area (Å²) in [5.74, 6) is 0.951. The highest BCUT2D eigenvalue weighted by molar-refractivity contribution is 7.80. The van der Waals surface area contributed by atoms with Gasteiger partial charge in [-0.15, -0.1) is 0 Å². The van der Waals surface area contributed by atoms with Crippen LogP contribution in [0.2, 0.25) is 0 Å². The van der Waals surface area contributed by atoms with Crippen LogP contribution >= 0.6 is 12.6 Å². The Balaban J connectivity index is 3.47. The molecule has 0 aliphatic carbocycles. The molecule has 0 saturated carbocycles. The van der Waals surface area contributed by atoms with E-state index in [4.69, 9.17) is 0 Å². The van der Waals surface area contributed by atoms with Crippen molar-refractivity contribution in [3.8, 4) is 0 Å². The molecule has 0 unspecified atom stereocenters. The van der Waals surface area contributed by atoms with Gasteiger partial charge >= 0.3 is 0 Å². The lowest BCUT2D eigenvalue weighted by atomic mass is 9.96. The van der Waals surface area contributed by atoms with Crippen molar-refractivity contribution in [2.45, 2.75) is 20.8 Å². The van der Waals surface area contributed by atoms with Gasteiger partial charge < -0.3 is 4.90 Å². The lowest BCUT2D eigenvalue weighted by Crippen LogP contribution is -2.30. The van der Waals surface area contributed by atoms with E-state index >= 15 is 0 Å². The Hall–Kier alpha value is 0.310. The Morgan fingerprint density at radius 2 is 1.80 bits per heavy atom. The van der Waals surface area contributed by atoms with Crippen LogP contribution in [0.5, 0.6) is 0 Å². The minimum absolute atomic E-state index is 0.414. The van der Waals surface area contributed by atoms with Crippen LogP contribution in [0.1, 0.15) is 20.8 Å². The SMILES string of the molecule is CN(CCS)CC(C)(C)C. The Bertz CT molecular complexity index is 85.7. The van der Waals surface area contributed by atoms with Gasteiger partial charge in [0.05, 0.1) is 0 Å². The van der Waals surface area contributed by atoms with E-state index < -0.39 is 0 Å². The van der Waals surface area contributed by atoms with E-state index in [1.54, 1.807) is 0 Å². The molecule has 0 aromatic rings. The number of rotatable bonds is 3. The Labute approximate surface area is 70.2 Å². The molecule has 62 valence electrons. The summed E-state index contributed by atoms with van der Waals surface area (Å²) in [6.45, 7) is 8.99. The van der Waals surface area contributed by atoms with E-state index in [0.29, 0.717) is 5.41 Å². The molecule has 0 N–H and O–H groups in total. The molecular weight excluding hydrogens is 142 g/mol. The topological polar surface area (TPSA) is 3.24 Å². The summed E-state index contributed by atoms with van der Waals surface area (Å²) in [5, 5.41) is 0. The Kier molecular flexibility index (Phi) is 4.37. The summed E-state index contributed by atoms with van der Waals surface area (Å²) < 4.78 is 0. The van der Waals surface area contributed by atoms with Gasteiger partial charge in [0, 0.05) is 18.8 Å². The second-order valence-electron chi connectivity index (χ2n) is 4.02. The van der Waals surface area contributed by atoms with Crippen LogP contribution in [0.25, 0.3) is 0 Å². The molecule has 0 aromatic heterocycles. The quantitative estimate of drug-likeness (QED) is 0.619. The van der Waals surface area contributed by atoms with Gasteiger partial charge in [0.1, 0.15) is 0 Å². The maximum Gasteiger partial charge on any atom is 0.00670 e. The molecular formula is C8H19NS. The van der Waals surface area contributed by atoms with Crippen molar-refractivity contribution < 1.29 is 0 Å². The lowest BCUT2D eigenvalue weighted by Gasteiger charge is -2.25. The smallest absolute Gasteiger partial charge is 0.00670 e. The zero-order valence-corrected chi connectivity index (χ0v) is 8.41. The minimum atomic E-state index is 0.414. The molecule has 0 bridgehead atoms. The van der Waals surface area contributed by atoms with Gasteiger partial charge in [-0.05, 0) is 12.5 Å². The molecule has 0 heterocycles. The molecule has 0 aliphatic rings. The van der Waals surface area contributed by atoms with E-state index in [-0.39, 0.29) is 0 Å². The first-order valence-corrected chi connectivity index (χ1v) is 4.38. The van der Waals surface area contributed by atoms with Crippen molar-refractivity contribution in [3.63, 3.8) is 0 Å². The van der Waals surface area contributed by atoms with Crippen molar-refractivity contribution in [2.24, 2.45) is 5.41 Å². The third kappa shape index (κ3) is 6.43. The first-order valence-electron chi connectivity index (χ1n) is 3.75. The van der Waals surface area contributed by atoms with Gasteiger partial charge in [-0.1, -0.05) is 20.8 Å². The molecule has 10 heavy (non-hydrogen) atoms.